The highest BCUT2D eigenvalue weighted by Crippen LogP contribution is 2.42. The molecule has 0 radical (unpaired) electrons. The van der Waals surface area contributed by atoms with E-state index in [0.717, 1.165) is 18.5 Å². The Labute approximate surface area is 81.6 Å². The summed E-state index contributed by atoms with van der Waals surface area (Å²) in [4.78, 5) is 0. The predicted octanol–water partition coefficient (Wildman–Crippen LogP) is 2.73. The molecule has 0 bridgehead atoms. The van der Waals surface area contributed by atoms with Gasteiger partial charge in [0.1, 0.15) is 0 Å². The highest BCUT2D eigenvalue weighted by atomic mass is 15.0. The highest BCUT2D eigenvalue weighted by Gasteiger charge is 2.36. The van der Waals surface area contributed by atoms with Crippen LogP contribution in [-0.4, -0.2) is 12.6 Å². The lowest BCUT2D eigenvalue weighted by molar-refractivity contribution is 0.147. The average molecular weight is 179 g/mol. The minimum Gasteiger partial charge on any atom is -0.313 e. The standard InChI is InChI=1S/C12H21N/c1-3-12(2,10-5-4-6-10)9-13-11-7-8-11/h3,10-11,13H,1,4-9H2,2H3. The molecule has 1 atom stereocenters. The van der Waals surface area contributed by atoms with Crippen LogP contribution in [0.4, 0.5) is 0 Å². The Balaban J connectivity index is 1.84. The van der Waals surface area contributed by atoms with E-state index in [9.17, 15) is 0 Å². The van der Waals surface area contributed by atoms with Crippen LogP contribution < -0.4 is 5.32 Å². The van der Waals surface area contributed by atoms with Crippen LogP contribution in [0.5, 0.6) is 0 Å². The Hall–Kier alpha value is -0.300. The minimum absolute atomic E-state index is 0.362. The van der Waals surface area contributed by atoms with E-state index in [1.807, 2.05) is 0 Å². The van der Waals surface area contributed by atoms with Crippen LogP contribution in [-0.2, 0) is 0 Å². The van der Waals surface area contributed by atoms with E-state index in [4.69, 9.17) is 0 Å². The first-order valence-corrected chi connectivity index (χ1v) is 5.61. The Bertz CT molecular complexity index is 191. The molecular weight excluding hydrogens is 158 g/mol. The third kappa shape index (κ3) is 1.96. The molecule has 0 amide bonds. The largest absolute Gasteiger partial charge is 0.313 e. The zero-order valence-corrected chi connectivity index (χ0v) is 8.68. The third-order valence-corrected chi connectivity index (χ3v) is 3.85. The molecule has 0 saturated heterocycles. The van der Waals surface area contributed by atoms with Crippen LogP contribution >= 0.6 is 0 Å². The van der Waals surface area contributed by atoms with Crippen molar-refractivity contribution in [2.24, 2.45) is 11.3 Å². The lowest BCUT2D eigenvalue weighted by Gasteiger charge is -2.41. The molecule has 0 heterocycles. The molecule has 0 aromatic heterocycles. The van der Waals surface area contributed by atoms with E-state index >= 15 is 0 Å². The molecule has 2 rings (SSSR count). The van der Waals surface area contributed by atoms with E-state index in [1.165, 1.54) is 32.1 Å². The van der Waals surface area contributed by atoms with Gasteiger partial charge in [-0.15, -0.1) is 6.58 Å². The van der Waals surface area contributed by atoms with Crippen molar-refractivity contribution in [3.63, 3.8) is 0 Å². The van der Waals surface area contributed by atoms with Gasteiger partial charge in [-0.1, -0.05) is 19.4 Å². The molecule has 74 valence electrons. The summed E-state index contributed by atoms with van der Waals surface area (Å²) in [5, 5.41) is 3.63. The van der Waals surface area contributed by atoms with Crippen molar-refractivity contribution in [1.82, 2.24) is 5.32 Å². The fourth-order valence-electron chi connectivity index (χ4n) is 2.10. The second-order valence-electron chi connectivity index (χ2n) is 4.99. The van der Waals surface area contributed by atoms with E-state index < -0.39 is 0 Å². The van der Waals surface area contributed by atoms with Crippen LogP contribution in [0.25, 0.3) is 0 Å². The maximum absolute atomic E-state index is 3.99. The van der Waals surface area contributed by atoms with E-state index in [0.29, 0.717) is 5.41 Å². The average Bonchev–Trinajstić information content (AvgIpc) is 2.80. The number of hydrogen-bond donors (Lipinski definition) is 1. The van der Waals surface area contributed by atoms with Crippen molar-refractivity contribution in [2.45, 2.75) is 45.1 Å². The molecule has 1 heteroatoms. The second kappa shape index (κ2) is 3.45. The van der Waals surface area contributed by atoms with Gasteiger partial charge in [0.15, 0.2) is 0 Å². The van der Waals surface area contributed by atoms with Crippen LogP contribution in [0.1, 0.15) is 39.0 Å². The second-order valence-corrected chi connectivity index (χ2v) is 4.99. The number of hydrogen-bond acceptors (Lipinski definition) is 1. The van der Waals surface area contributed by atoms with Crippen molar-refractivity contribution in [3.05, 3.63) is 12.7 Å². The zero-order valence-electron chi connectivity index (χ0n) is 8.68. The Morgan fingerprint density at radius 2 is 2.08 bits per heavy atom. The first-order valence-electron chi connectivity index (χ1n) is 5.61. The van der Waals surface area contributed by atoms with Crippen LogP contribution in [0.2, 0.25) is 0 Å². The SMILES string of the molecule is C=CC(C)(CNC1CC1)C1CCC1. The van der Waals surface area contributed by atoms with E-state index in [1.54, 1.807) is 0 Å². The smallest absolute Gasteiger partial charge is 0.00685 e. The van der Waals surface area contributed by atoms with Gasteiger partial charge in [0.2, 0.25) is 0 Å². The van der Waals surface area contributed by atoms with Gasteiger partial charge in [-0.25, -0.2) is 0 Å². The van der Waals surface area contributed by atoms with E-state index in [2.05, 4.69) is 24.9 Å². The summed E-state index contributed by atoms with van der Waals surface area (Å²) in [6.45, 7) is 7.50. The van der Waals surface area contributed by atoms with Gasteiger partial charge in [0, 0.05) is 18.0 Å². The summed E-state index contributed by atoms with van der Waals surface area (Å²) in [5.74, 6) is 0.899. The molecular formula is C12H21N. The highest BCUT2D eigenvalue weighted by molar-refractivity contribution is 5.01. The third-order valence-electron chi connectivity index (χ3n) is 3.85. The van der Waals surface area contributed by atoms with Crippen molar-refractivity contribution in [2.75, 3.05) is 6.54 Å². The first kappa shape index (κ1) is 9.26. The zero-order chi connectivity index (χ0) is 9.31. The topological polar surface area (TPSA) is 12.0 Å². The van der Waals surface area contributed by atoms with Gasteiger partial charge >= 0.3 is 0 Å². The number of rotatable bonds is 5. The maximum atomic E-state index is 3.99. The van der Waals surface area contributed by atoms with Gasteiger partial charge in [0.05, 0.1) is 0 Å². The summed E-state index contributed by atoms with van der Waals surface area (Å²) >= 11 is 0. The quantitative estimate of drug-likeness (QED) is 0.640. The minimum atomic E-state index is 0.362. The molecule has 1 N–H and O–H groups in total. The van der Waals surface area contributed by atoms with Crippen LogP contribution in [0.15, 0.2) is 12.7 Å². The molecule has 0 aromatic rings. The van der Waals surface area contributed by atoms with Crippen LogP contribution in [0, 0.1) is 11.3 Å². The van der Waals surface area contributed by atoms with Gasteiger partial charge in [-0.3, -0.25) is 0 Å². The summed E-state index contributed by atoms with van der Waals surface area (Å²) in [5.41, 5.74) is 0.362. The molecule has 13 heavy (non-hydrogen) atoms. The predicted molar refractivity (Wildman–Crippen MR) is 56.7 cm³/mol. The summed E-state index contributed by atoms with van der Waals surface area (Å²) in [6, 6.07) is 0.833. The Kier molecular flexibility index (Phi) is 2.46. The molecule has 2 aliphatic rings. The summed E-state index contributed by atoms with van der Waals surface area (Å²) < 4.78 is 0. The first-order chi connectivity index (χ1) is 6.24. The lowest BCUT2D eigenvalue weighted by atomic mass is 9.66. The Morgan fingerprint density at radius 1 is 1.38 bits per heavy atom. The summed E-state index contributed by atoms with van der Waals surface area (Å²) in [7, 11) is 0. The molecule has 1 unspecified atom stereocenters. The fourth-order valence-corrected chi connectivity index (χ4v) is 2.10. The molecule has 2 saturated carbocycles. The normalized spacial score (nSPS) is 27.8. The van der Waals surface area contributed by atoms with E-state index in [-0.39, 0.29) is 0 Å². The maximum Gasteiger partial charge on any atom is 0.00685 e. The molecule has 2 aliphatic carbocycles. The molecule has 0 aromatic carbocycles. The van der Waals surface area contributed by atoms with Gasteiger partial charge in [-0.05, 0) is 31.6 Å². The summed E-state index contributed by atoms with van der Waals surface area (Å²) in [6.07, 6.45) is 9.20. The molecule has 0 spiro atoms. The monoisotopic (exact) mass is 179 g/mol. The van der Waals surface area contributed by atoms with Crippen molar-refractivity contribution in [3.8, 4) is 0 Å². The van der Waals surface area contributed by atoms with Crippen molar-refractivity contribution >= 4 is 0 Å². The molecule has 2 fully saturated rings. The lowest BCUT2D eigenvalue weighted by Crippen LogP contribution is -2.40. The molecule has 0 aliphatic heterocycles. The number of nitrogens with one attached hydrogen (secondary N) is 1. The molecule has 1 nitrogen and oxygen atoms in total. The van der Waals surface area contributed by atoms with Crippen molar-refractivity contribution < 1.29 is 0 Å². The van der Waals surface area contributed by atoms with Gasteiger partial charge < -0.3 is 5.32 Å². The van der Waals surface area contributed by atoms with Crippen molar-refractivity contribution in [1.29, 1.82) is 0 Å². The van der Waals surface area contributed by atoms with Gasteiger partial charge in [-0.2, -0.15) is 0 Å². The van der Waals surface area contributed by atoms with Crippen LogP contribution in [0.3, 0.4) is 0 Å². The fraction of sp³-hybridized carbons (Fsp3) is 0.833. The van der Waals surface area contributed by atoms with Gasteiger partial charge in [0.25, 0.3) is 0 Å². The Morgan fingerprint density at radius 3 is 2.46 bits per heavy atom.